The van der Waals surface area contributed by atoms with E-state index in [-0.39, 0.29) is 12.7 Å². The molecule has 1 unspecified atom stereocenters. The van der Waals surface area contributed by atoms with Crippen molar-refractivity contribution in [2.24, 2.45) is 47.3 Å². The van der Waals surface area contributed by atoms with E-state index >= 15 is 0 Å². The molecule has 244 valence electrons. The monoisotopic (exact) mass is 579 g/mol. The molecule has 0 aromatic carbocycles. The van der Waals surface area contributed by atoms with Crippen molar-refractivity contribution in [1.82, 2.24) is 0 Å². The maximum absolute atomic E-state index is 9.75. The van der Waals surface area contributed by atoms with Crippen molar-refractivity contribution in [2.45, 2.75) is 170 Å². The average molecular weight is 579 g/mol. The van der Waals surface area contributed by atoms with Gasteiger partial charge in [0.2, 0.25) is 0 Å². The smallest absolute Gasteiger partial charge is 0.104 e. The lowest BCUT2D eigenvalue weighted by Gasteiger charge is -2.24. The Balaban J connectivity index is 1.38. The first-order chi connectivity index (χ1) is 19.8. The minimum absolute atomic E-state index is 0.0610. The third-order valence-electron chi connectivity index (χ3n) is 10.8. The summed E-state index contributed by atoms with van der Waals surface area (Å²) in [6, 6.07) is 0. The lowest BCUT2D eigenvalue weighted by atomic mass is 9.81. The van der Waals surface area contributed by atoms with Crippen LogP contribution < -0.4 is 0 Å². The van der Waals surface area contributed by atoms with Gasteiger partial charge in [0.1, 0.15) is 6.10 Å². The molecule has 2 saturated carbocycles. The number of ether oxygens (including phenoxy) is 2. The highest BCUT2D eigenvalue weighted by Crippen LogP contribution is 2.67. The molecule has 3 heteroatoms. The topological polar surface area (TPSA) is 38.7 Å². The van der Waals surface area contributed by atoms with Crippen LogP contribution in [0.4, 0.5) is 0 Å². The van der Waals surface area contributed by atoms with E-state index in [2.05, 4.69) is 41.5 Å². The quantitative estimate of drug-likeness (QED) is 0.0897. The summed E-state index contributed by atoms with van der Waals surface area (Å²) in [5.74, 6) is 7.52. The van der Waals surface area contributed by atoms with Gasteiger partial charge in [-0.25, -0.2) is 0 Å². The van der Waals surface area contributed by atoms with E-state index in [1.807, 2.05) is 0 Å². The minimum Gasteiger partial charge on any atom is -0.394 e. The predicted octanol–water partition coefficient (Wildman–Crippen LogP) is 10.9. The molecule has 2 rings (SSSR count). The van der Waals surface area contributed by atoms with Crippen LogP contribution in [0.5, 0.6) is 0 Å². The largest absolute Gasteiger partial charge is 0.394 e. The highest BCUT2D eigenvalue weighted by molar-refractivity contribution is 5.09. The summed E-state index contributed by atoms with van der Waals surface area (Å²) in [4.78, 5) is 0. The van der Waals surface area contributed by atoms with E-state index in [1.165, 1.54) is 109 Å². The Morgan fingerprint density at radius 2 is 1.27 bits per heavy atom. The Morgan fingerprint density at radius 1 is 0.659 bits per heavy atom. The number of hydrogen-bond donors (Lipinski definition) is 1. The summed E-state index contributed by atoms with van der Waals surface area (Å²) in [6.45, 7) is 16.3. The van der Waals surface area contributed by atoms with Crippen molar-refractivity contribution < 1.29 is 14.6 Å². The van der Waals surface area contributed by atoms with Crippen LogP contribution in [0.1, 0.15) is 164 Å². The van der Waals surface area contributed by atoms with Crippen molar-refractivity contribution in [3.05, 3.63) is 0 Å². The molecule has 0 aromatic heterocycles. The van der Waals surface area contributed by atoms with Gasteiger partial charge in [-0.15, -0.1) is 0 Å². The first kappa shape index (κ1) is 37.1. The van der Waals surface area contributed by atoms with Crippen molar-refractivity contribution >= 4 is 0 Å². The third kappa shape index (κ3) is 16.5. The SMILES string of the molecule is CCC[C@H](C)CCCCCCC[C@H](C)CCOC[C@@H](CO)OCC[C@H](C)CC[C@H]1[C@@H]2CC(CCCCCC(C)C)[C@H]12. The number of fused-ring (bicyclic) bond motifs is 1. The number of rotatable bonds is 29. The van der Waals surface area contributed by atoms with Crippen molar-refractivity contribution in [1.29, 1.82) is 0 Å². The first-order valence-corrected chi connectivity index (χ1v) is 18.7. The molecule has 0 radical (unpaired) electrons. The van der Waals surface area contributed by atoms with Crippen molar-refractivity contribution in [3.63, 3.8) is 0 Å². The highest BCUT2D eigenvalue weighted by Gasteiger charge is 2.61. The third-order valence-corrected chi connectivity index (χ3v) is 10.8. The van der Waals surface area contributed by atoms with E-state index in [9.17, 15) is 5.11 Å². The molecule has 2 aliphatic rings. The maximum Gasteiger partial charge on any atom is 0.104 e. The Labute approximate surface area is 257 Å². The van der Waals surface area contributed by atoms with Gasteiger partial charge in [0.15, 0.2) is 0 Å². The summed E-state index contributed by atoms with van der Waals surface area (Å²) in [5.41, 5.74) is 0. The van der Waals surface area contributed by atoms with Gasteiger partial charge in [-0.3, -0.25) is 0 Å². The molecule has 8 atom stereocenters. The molecule has 41 heavy (non-hydrogen) atoms. The molecule has 0 heterocycles. The molecular weight excluding hydrogens is 504 g/mol. The van der Waals surface area contributed by atoms with Crippen LogP contribution in [0.2, 0.25) is 0 Å². The molecule has 0 bridgehead atoms. The van der Waals surface area contributed by atoms with Gasteiger partial charge in [0.05, 0.1) is 13.2 Å². The fraction of sp³-hybridized carbons (Fsp3) is 1.00. The van der Waals surface area contributed by atoms with E-state index in [0.29, 0.717) is 6.61 Å². The number of unbranched alkanes of at least 4 members (excludes halogenated alkanes) is 6. The Hall–Kier alpha value is -0.120. The summed E-state index contributed by atoms with van der Waals surface area (Å²) < 4.78 is 11.9. The Morgan fingerprint density at radius 3 is 1.95 bits per heavy atom. The van der Waals surface area contributed by atoms with Crippen LogP contribution in [0, 0.1) is 47.3 Å². The van der Waals surface area contributed by atoms with Crippen LogP contribution in [0.25, 0.3) is 0 Å². The van der Waals surface area contributed by atoms with E-state index in [1.54, 1.807) is 0 Å². The maximum atomic E-state index is 9.75. The molecule has 3 nitrogen and oxygen atoms in total. The number of aliphatic hydroxyl groups is 1. The zero-order valence-electron chi connectivity index (χ0n) is 28.7. The van der Waals surface area contributed by atoms with Crippen LogP contribution >= 0.6 is 0 Å². The van der Waals surface area contributed by atoms with E-state index in [0.717, 1.165) is 73.4 Å². The van der Waals surface area contributed by atoms with E-state index < -0.39 is 0 Å². The lowest BCUT2D eigenvalue weighted by molar-refractivity contribution is -0.0471. The Bertz CT molecular complexity index is 606. The minimum atomic E-state index is -0.168. The van der Waals surface area contributed by atoms with Gasteiger partial charge in [0.25, 0.3) is 0 Å². The molecule has 1 N–H and O–H groups in total. The molecule has 0 aromatic rings. The standard InChI is InChI=1S/C38H74O3/c1-7-16-31(4)18-13-9-8-10-14-19-32(5)23-25-40-29-35(28-39)41-26-24-33(6)21-22-36-37-27-34(38(36)37)20-15-11-12-17-30(2)3/h30-39H,7-29H2,1-6H3/t31-,32-,33+,34?,35+,36-,37-,38+/m0/s1. The second-order valence-corrected chi connectivity index (χ2v) is 15.3. The predicted molar refractivity (Wildman–Crippen MR) is 177 cm³/mol. The number of aliphatic hydroxyl groups excluding tert-OH is 1. The summed E-state index contributed by atoms with van der Waals surface area (Å²) in [6.07, 6.45) is 26.0. The lowest BCUT2D eigenvalue weighted by Crippen LogP contribution is -2.25. The van der Waals surface area contributed by atoms with Gasteiger partial charge < -0.3 is 14.6 Å². The van der Waals surface area contributed by atoms with Gasteiger partial charge in [-0.1, -0.05) is 138 Å². The zero-order chi connectivity index (χ0) is 29.9. The number of hydrogen-bond acceptors (Lipinski definition) is 3. The second kappa shape index (κ2) is 22.4. The van der Waals surface area contributed by atoms with Crippen molar-refractivity contribution in [2.75, 3.05) is 26.4 Å². The fourth-order valence-corrected chi connectivity index (χ4v) is 7.68. The Kier molecular flexibility index (Phi) is 20.3. The molecule has 0 aliphatic heterocycles. The summed E-state index contributed by atoms with van der Waals surface area (Å²) in [5, 5.41) is 9.75. The summed E-state index contributed by atoms with van der Waals surface area (Å²) >= 11 is 0. The second-order valence-electron chi connectivity index (χ2n) is 15.3. The average Bonchev–Trinajstić information content (AvgIpc) is 3.52. The molecule has 0 amide bonds. The molecule has 0 spiro atoms. The highest BCUT2D eigenvalue weighted by atomic mass is 16.5. The molecule has 0 saturated heterocycles. The first-order valence-electron chi connectivity index (χ1n) is 18.7. The molecule has 2 fully saturated rings. The normalized spacial score (nSPS) is 24.6. The zero-order valence-corrected chi connectivity index (χ0v) is 28.7. The van der Waals surface area contributed by atoms with Gasteiger partial charge in [-0.2, -0.15) is 0 Å². The van der Waals surface area contributed by atoms with Crippen molar-refractivity contribution in [3.8, 4) is 0 Å². The molecule has 2 aliphatic carbocycles. The van der Waals surface area contributed by atoms with Gasteiger partial charge in [-0.05, 0) is 73.0 Å². The summed E-state index contributed by atoms with van der Waals surface area (Å²) in [7, 11) is 0. The van der Waals surface area contributed by atoms with Crippen LogP contribution in [0.3, 0.4) is 0 Å². The van der Waals surface area contributed by atoms with Crippen LogP contribution in [0.15, 0.2) is 0 Å². The van der Waals surface area contributed by atoms with Crippen LogP contribution in [-0.4, -0.2) is 37.6 Å². The van der Waals surface area contributed by atoms with Gasteiger partial charge in [0, 0.05) is 13.2 Å². The van der Waals surface area contributed by atoms with Crippen LogP contribution in [-0.2, 0) is 9.47 Å². The fourth-order valence-electron chi connectivity index (χ4n) is 7.68. The van der Waals surface area contributed by atoms with Gasteiger partial charge >= 0.3 is 0 Å². The van der Waals surface area contributed by atoms with E-state index in [4.69, 9.17) is 9.47 Å². The molecular formula is C38H74O3.